The smallest absolute Gasteiger partial charge is 0.0362 e. The van der Waals surface area contributed by atoms with E-state index in [1.54, 1.807) is 0 Å². The van der Waals surface area contributed by atoms with Crippen LogP contribution in [-0.2, 0) is 0 Å². The molecule has 2 heteroatoms. The normalized spacial score (nSPS) is 29.8. The molecule has 2 saturated carbocycles. The number of nitrogens with two attached hydrogens (primary N) is 2. The summed E-state index contributed by atoms with van der Waals surface area (Å²) >= 11 is 0. The quantitative estimate of drug-likeness (QED) is 0.792. The summed E-state index contributed by atoms with van der Waals surface area (Å²) in [6.45, 7) is 2.25. The van der Waals surface area contributed by atoms with Gasteiger partial charge in [0.05, 0.1) is 0 Å². The lowest BCUT2D eigenvalue weighted by Gasteiger charge is -2.53. The molecule has 1 unspecified atom stereocenters. The summed E-state index contributed by atoms with van der Waals surface area (Å²) in [4.78, 5) is 0. The minimum absolute atomic E-state index is 0.0813. The van der Waals surface area contributed by atoms with Crippen LogP contribution >= 0.6 is 0 Å². The van der Waals surface area contributed by atoms with Gasteiger partial charge >= 0.3 is 0 Å². The molecule has 2 rings (SSSR count). The molecule has 2 aliphatic carbocycles. The molecule has 0 radical (unpaired) electrons. The molecule has 0 aromatic heterocycles. The molecular formula is C15H30N2. The molecule has 0 aliphatic heterocycles. The van der Waals surface area contributed by atoms with Crippen LogP contribution in [0.2, 0.25) is 0 Å². The summed E-state index contributed by atoms with van der Waals surface area (Å²) < 4.78 is 0. The molecule has 1 atom stereocenters. The number of hydrogen-bond donors (Lipinski definition) is 2. The molecule has 2 aliphatic rings. The third-order valence-corrected chi connectivity index (χ3v) is 5.59. The summed E-state index contributed by atoms with van der Waals surface area (Å²) in [5.41, 5.74) is 13.4. The second kappa shape index (κ2) is 5.27. The standard InChI is InChI=1S/C15H30N2/c1-2-15(17,13-9-5-3-6-10-13)14(16)11-7-4-8-12-14/h13H,2-12,16-17H2,1H3. The molecule has 0 saturated heterocycles. The van der Waals surface area contributed by atoms with E-state index >= 15 is 0 Å². The van der Waals surface area contributed by atoms with Crippen LogP contribution < -0.4 is 11.5 Å². The largest absolute Gasteiger partial charge is 0.324 e. The Morgan fingerprint density at radius 2 is 1.53 bits per heavy atom. The first-order chi connectivity index (χ1) is 8.12. The predicted octanol–water partition coefficient (Wildman–Crippen LogP) is 3.34. The van der Waals surface area contributed by atoms with Gasteiger partial charge in [-0.25, -0.2) is 0 Å². The monoisotopic (exact) mass is 238 g/mol. The van der Waals surface area contributed by atoms with Gasteiger partial charge < -0.3 is 11.5 Å². The van der Waals surface area contributed by atoms with Gasteiger partial charge in [-0.15, -0.1) is 0 Å². The first kappa shape index (κ1) is 13.4. The Morgan fingerprint density at radius 1 is 1.00 bits per heavy atom. The lowest BCUT2D eigenvalue weighted by Crippen LogP contribution is -2.69. The van der Waals surface area contributed by atoms with Gasteiger partial charge in [0, 0.05) is 11.1 Å². The molecule has 0 aromatic carbocycles. The summed E-state index contributed by atoms with van der Waals surface area (Å²) in [6, 6.07) is 0. The minimum atomic E-state index is -0.103. The number of rotatable bonds is 3. The maximum atomic E-state index is 6.86. The van der Waals surface area contributed by atoms with Crippen molar-refractivity contribution in [3.05, 3.63) is 0 Å². The second-order valence-corrected chi connectivity index (χ2v) is 6.45. The molecule has 0 spiro atoms. The molecule has 4 N–H and O–H groups in total. The van der Waals surface area contributed by atoms with Crippen LogP contribution in [0.5, 0.6) is 0 Å². The Hall–Kier alpha value is -0.0800. The van der Waals surface area contributed by atoms with Crippen LogP contribution in [0.1, 0.15) is 77.6 Å². The van der Waals surface area contributed by atoms with Crippen molar-refractivity contribution < 1.29 is 0 Å². The maximum Gasteiger partial charge on any atom is 0.0362 e. The summed E-state index contributed by atoms with van der Waals surface area (Å²) in [5.74, 6) is 0.671. The van der Waals surface area contributed by atoms with Gasteiger partial charge in [-0.05, 0) is 38.0 Å². The van der Waals surface area contributed by atoms with E-state index in [9.17, 15) is 0 Å². The minimum Gasteiger partial charge on any atom is -0.324 e. The van der Waals surface area contributed by atoms with Gasteiger partial charge in [0.2, 0.25) is 0 Å². The van der Waals surface area contributed by atoms with Gasteiger partial charge in [-0.3, -0.25) is 0 Å². The lowest BCUT2D eigenvalue weighted by atomic mass is 9.59. The molecule has 100 valence electrons. The van der Waals surface area contributed by atoms with Crippen LogP contribution in [0.3, 0.4) is 0 Å². The first-order valence-corrected chi connectivity index (χ1v) is 7.70. The van der Waals surface area contributed by atoms with Crippen LogP contribution in [-0.4, -0.2) is 11.1 Å². The van der Waals surface area contributed by atoms with Crippen LogP contribution in [0.15, 0.2) is 0 Å². The Morgan fingerprint density at radius 3 is 2.06 bits per heavy atom. The zero-order valence-electron chi connectivity index (χ0n) is 11.5. The van der Waals surface area contributed by atoms with Crippen molar-refractivity contribution in [3.8, 4) is 0 Å². The SMILES string of the molecule is CCC(N)(C1CCCCC1)C1(N)CCCCC1. The first-order valence-electron chi connectivity index (χ1n) is 7.70. The average Bonchev–Trinajstić information content (AvgIpc) is 2.39. The van der Waals surface area contributed by atoms with Crippen molar-refractivity contribution in [1.29, 1.82) is 0 Å². The highest BCUT2D eigenvalue weighted by Crippen LogP contribution is 2.44. The highest BCUT2D eigenvalue weighted by Gasteiger charge is 2.49. The van der Waals surface area contributed by atoms with Gasteiger partial charge in [0.1, 0.15) is 0 Å². The van der Waals surface area contributed by atoms with Crippen LogP contribution in [0.4, 0.5) is 0 Å². The molecule has 0 bridgehead atoms. The fourth-order valence-corrected chi connectivity index (χ4v) is 4.31. The summed E-state index contributed by atoms with van der Waals surface area (Å²) in [5, 5.41) is 0. The summed E-state index contributed by atoms with van der Waals surface area (Å²) in [6.07, 6.45) is 14.0. The second-order valence-electron chi connectivity index (χ2n) is 6.45. The Bertz CT molecular complexity index is 239. The maximum absolute atomic E-state index is 6.86. The van der Waals surface area contributed by atoms with Gasteiger partial charge in [0.25, 0.3) is 0 Å². The van der Waals surface area contributed by atoms with Crippen molar-refractivity contribution in [2.24, 2.45) is 17.4 Å². The zero-order chi connectivity index (χ0) is 12.4. The van der Waals surface area contributed by atoms with E-state index < -0.39 is 0 Å². The van der Waals surface area contributed by atoms with E-state index in [1.807, 2.05) is 0 Å². The van der Waals surface area contributed by atoms with E-state index in [-0.39, 0.29) is 11.1 Å². The van der Waals surface area contributed by atoms with E-state index in [0.29, 0.717) is 5.92 Å². The van der Waals surface area contributed by atoms with Crippen molar-refractivity contribution in [1.82, 2.24) is 0 Å². The Kier molecular flexibility index (Phi) is 4.14. The van der Waals surface area contributed by atoms with Crippen molar-refractivity contribution >= 4 is 0 Å². The molecule has 0 amide bonds. The highest BCUT2D eigenvalue weighted by molar-refractivity contribution is 5.11. The van der Waals surface area contributed by atoms with E-state index in [1.165, 1.54) is 51.4 Å². The molecule has 2 nitrogen and oxygen atoms in total. The third kappa shape index (κ3) is 2.39. The van der Waals surface area contributed by atoms with E-state index in [4.69, 9.17) is 11.5 Å². The lowest BCUT2D eigenvalue weighted by molar-refractivity contribution is 0.0733. The highest BCUT2D eigenvalue weighted by atomic mass is 14.9. The molecule has 2 fully saturated rings. The molecular weight excluding hydrogens is 208 g/mol. The van der Waals surface area contributed by atoms with Crippen molar-refractivity contribution in [2.75, 3.05) is 0 Å². The predicted molar refractivity (Wildman–Crippen MR) is 73.8 cm³/mol. The fourth-order valence-electron chi connectivity index (χ4n) is 4.31. The Balaban J connectivity index is 2.15. The van der Waals surface area contributed by atoms with Crippen LogP contribution in [0, 0.1) is 5.92 Å². The fraction of sp³-hybridized carbons (Fsp3) is 1.00. The third-order valence-electron chi connectivity index (χ3n) is 5.59. The van der Waals surface area contributed by atoms with E-state index in [0.717, 1.165) is 19.3 Å². The van der Waals surface area contributed by atoms with Gasteiger partial charge in [-0.1, -0.05) is 45.4 Å². The molecule has 0 aromatic rings. The van der Waals surface area contributed by atoms with Crippen molar-refractivity contribution in [2.45, 2.75) is 88.6 Å². The summed E-state index contributed by atoms with van der Waals surface area (Å²) in [7, 11) is 0. The average molecular weight is 238 g/mol. The van der Waals surface area contributed by atoms with E-state index in [2.05, 4.69) is 6.92 Å². The van der Waals surface area contributed by atoms with Gasteiger partial charge in [0.15, 0.2) is 0 Å². The van der Waals surface area contributed by atoms with Gasteiger partial charge in [-0.2, -0.15) is 0 Å². The molecule has 0 heterocycles. The molecule has 17 heavy (non-hydrogen) atoms. The topological polar surface area (TPSA) is 52.0 Å². The Labute approximate surface area is 107 Å². The zero-order valence-corrected chi connectivity index (χ0v) is 11.5. The van der Waals surface area contributed by atoms with Crippen molar-refractivity contribution in [3.63, 3.8) is 0 Å². The van der Waals surface area contributed by atoms with Crippen LogP contribution in [0.25, 0.3) is 0 Å². The number of hydrogen-bond acceptors (Lipinski definition) is 2.